The maximum Gasteiger partial charge on any atom is 0.408 e. The summed E-state index contributed by atoms with van der Waals surface area (Å²) in [6.07, 6.45) is -0.251. The zero-order valence-corrected chi connectivity index (χ0v) is 25.7. The molecule has 0 fully saturated rings. The van der Waals surface area contributed by atoms with Crippen LogP contribution < -0.4 is 10.6 Å². The van der Waals surface area contributed by atoms with E-state index in [1.165, 1.54) is 0 Å². The Morgan fingerprint density at radius 1 is 1.05 bits per heavy atom. The molecule has 2 heterocycles. The molecule has 0 spiro atoms. The molecule has 1 aliphatic rings. The summed E-state index contributed by atoms with van der Waals surface area (Å²) in [6.45, 7) is 9.33. The number of hydrogen-bond donors (Lipinski definition) is 4. The molecule has 0 saturated carbocycles. The minimum Gasteiger partial charge on any atom is -0.508 e. The van der Waals surface area contributed by atoms with Crippen LogP contribution in [0.2, 0.25) is 0 Å². The van der Waals surface area contributed by atoms with Crippen LogP contribution in [0.4, 0.5) is 4.79 Å². The van der Waals surface area contributed by atoms with Gasteiger partial charge in [0, 0.05) is 19.4 Å². The summed E-state index contributed by atoms with van der Waals surface area (Å²) >= 11 is 0. The summed E-state index contributed by atoms with van der Waals surface area (Å²) in [7, 11) is 0. The summed E-state index contributed by atoms with van der Waals surface area (Å²) in [5.41, 5.74) is 5.22. The van der Waals surface area contributed by atoms with Crippen LogP contribution in [-0.2, 0) is 40.3 Å². The van der Waals surface area contributed by atoms with Gasteiger partial charge < -0.3 is 30.4 Å². The fourth-order valence-electron chi connectivity index (χ4n) is 5.71. The molecule has 0 radical (unpaired) electrons. The minimum absolute atomic E-state index is 0.126. The number of carbonyl (C=O) groups excluding carboxylic acids is 3. The number of benzene rings is 3. The van der Waals surface area contributed by atoms with Crippen molar-refractivity contribution >= 4 is 28.9 Å². The predicted molar refractivity (Wildman–Crippen MR) is 167 cm³/mol. The van der Waals surface area contributed by atoms with E-state index in [-0.39, 0.29) is 31.2 Å². The van der Waals surface area contributed by atoms with E-state index in [1.54, 1.807) is 37.8 Å². The number of nitrogens with zero attached hydrogens (tertiary/aromatic N) is 2. The highest BCUT2D eigenvalue weighted by Gasteiger charge is 2.38. The molecule has 1 aliphatic heterocycles. The number of phenolic OH excluding ortho intramolecular Hbond substituents is 1. The summed E-state index contributed by atoms with van der Waals surface area (Å²) in [5.74, 6) is 0.0133. The SMILES string of the molecule is Cc1cc(O)cc(C)c1C[C@H](NC(=O)OC(C)(C)C)C(=O)N1Cc2ccccc2C[C@H]1C(=O)NCc1nc2ccccc2[nH]1. The highest BCUT2D eigenvalue weighted by molar-refractivity contribution is 5.92. The lowest BCUT2D eigenvalue weighted by Crippen LogP contribution is -2.58. The van der Waals surface area contributed by atoms with E-state index >= 15 is 0 Å². The Morgan fingerprint density at radius 3 is 2.39 bits per heavy atom. The van der Waals surface area contributed by atoms with Gasteiger partial charge >= 0.3 is 6.09 Å². The van der Waals surface area contributed by atoms with Gasteiger partial charge in [0.05, 0.1) is 17.6 Å². The van der Waals surface area contributed by atoms with Crippen LogP contribution in [0.5, 0.6) is 5.75 Å². The number of nitrogens with one attached hydrogen (secondary N) is 3. The van der Waals surface area contributed by atoms with E-state index in [4.69, 9.17) is 4.74 Å². The Morgan fingerprint density at radius 2 is 1.70 bits per heavy atom. The Balaban J connectivity index is 1.44. The van der Waals surface area contributed by atoms with Gasteiger partial charge in [-0.1, -0.05) is 36.4 Å². The van der Waals surface area contributed by atoms with E-state index in [0.717, 1.165) is 38.9 Å². The molecule has 0 aliphatic carbocycles. The van der Waals surface area contributed by atoms with Gasteiger partial charge in [0.15, 0.2) is 0 Å². The molecule has 0 saturated heterocycles. The smallest absolute Gasteiger partial charge is 0.408 e. The monoisotopic (exact) mass is 597 g/mol. The number of aromatic amines is 1. The number of aryl methyl sites for hydroxylation is 2. The number of hydrogen-bond acceptors (Lipinski definition) is 6. The van der Waals surface area contributed by atoms with Gasteiger partial charge in [-0.2, -0.15) is 0 Å². The van der Waals surface area contributed by atoms with Gasteiger partial charge in [-0.3, -0.25) is 9.59 Å². The van der Waals surface area contributed by atoms with Crippen molar-refractivity contribution in [2.24, 2.45) is 0 Å². The highest BCUT2D eigenvalue weighted by Crippen LogP contribution is 2.27. The van der Waals surface area contributed by atoms with Gasteiger partial charge in [-0.25, -0.2) is 9.78 Å². The molecule has 2 atom stereocenters. The molecule has 10 heteroatoms. The van der Waals surface area contributed by atoms with E-state index in [1.807, 2.05) is 62.4 Å². The number of imidazole rings is 1. The number of ether oxygens (including phenoxy) is 1. The van der Waals surface area contributed by atoms with Crippen molar-refractivity contribution in [2.75, 3.05) is 0 Å². The van der Waals surface area contributed by atoms with Crippen molar-refractivity contribution in [1.82, 2.24) is 25.5 Å². The lowest BCUT2D eigenvalue weighted by Gasteiger charge is -2.38. The molecule has 4 N–H and O–H groups in total. The van der Waals surface area contributed by atoms with Crippen LogP contribution in [0.3, 0.4) is 0 Å². The number of fused-ring (bicyclic) bond motifs is 2. The Labute approximate surface area is 256 Å². The minimum atomic E-state index is -1.03. The van der Waals surface area contributed by atoms with Crippen molar-refractivity contribution in [3.8, 4) is 5.75 Å². The largest absolute Gasteiger partial charge is 0.508 e. The first kappa shape index (κ1) is 30.6. The van der Waals surface area contributed by atoms with Gasteiger partial charge in [0.2, 0.25) is 11.8 Å². The Kier molecular flexibility index (Phi) is 8.62. The van der Waals surface area contributed by atoms with Crippen LogP contribution >= 0.6 is 0 Å². The number of aromatic nitrogens is 2. The van der Waals surface area contributed by atoms with Crippen LogP contribution in [0, 0.1) is 13.8 Å². The molecule has 10 nitrogen and oxygen atoms in total. The lowest BCUT2D eigenvalue weighted by atomic mass is 9.91. The van der Waals surface area contributed by atoms with Gasteiger partial charge in [0.25, 0.3) is 0 Å². The zero-order valence-electron chi connectivity index (χ0n) is 25.7. The molecule has 3 amide bonds. The van der Waals surface area contributed by atoms with Crippen molar-refractivity contribution in [3.05, 3.63) is 94.3 Å². The van der Waals surface area contributed by atoms with Crippen molar-refractivity contribution in [2.45, 2.75) is 78.2 Å². The molecule has 1 aromatic heterocycles. The maximum atomic E-state index is 14.4. The molecule has 5 rings (SSSR count). The number of phenols is 1. The zero-order chi connectivity index (χ0) is 31.6. The molecular formula is C34H39N5O5. The van der Waals surface area contributed by atoms with Gasteiger partial charge in [0.1, 0.15) is 29.3 Å². The second-order valence-corrected chi connectivity index (χ2v) is 12.3. The number of H-pyrrole nitrogens is 1. The second-order valence-electron chi connectivity index (χ2n) is 12.3. The first-order valence-electron chi connectivity index (χ1n) is 14.7. The topological polar surface area (TPSA) is 137 Å². The molecule has 44 heavy (non-hydrogen) atoms. The third-order valence-corrected chi connectivity index (χ3v) is 7.78. The number of aromatic hydroxyl groups is 1. The third-order valence-electron chi connectivity index (χ3n) is 7.78. The van der Waals surface area contributed by atoms with Gasteiger partial charge in [-0.15, -0.1) is 0 Å². The van der Waals surface area contributed by atoms with Crippen LogP contribution in [0.1, 0.15) is 54.4 Å². The second kappa shape index (κ2) is 12.4. The number of alkyl carbamates (subject to hydrolysis) is 1. The van der Waals surface area contributed by atoms with Crippen molar-refractivity contribution in [1.29, 1.82) is 0 Å². The summed E-state index contributed by atoms with van der Waals surface area (Å²) < 4.78 is 5.52. The van der Waals surface area contributed by atoms with Crippen LogP contribution in [0.25, 0.3) is 11.0 Å². The molecule has 4 aromatic rings. The van der Waals surface area contributed by atoms with Gasteiger partial charge in [-0.05, 0) is 86.7 Å². The Bertz CT molecular complexity index is 1650. The number of amides is 3. The summed E-state index contributed by atoms with van der Waals surface area (Å²) in [6, 6.07) is 16.8. The average Bonchev–Trinajstić information content (AvgIpc) is 3.38. The third kappa shape index (κ3) is 7.02. The quantitative estimate of drug-likeness (QED) is 0.246. The fraction of sp³-hybridized carbons (Fsp3) is 0.353. The molecular weight excluding hydrogens is 558 g/mol. The van der Waals surface area contributed by atoms with E-state index in [0.29, 0.717) is 12.2 Å². The number of rotatable bonds is 7. The first-order valence-corrected chi connectivity index (χ1v) is 14.7. The lowest BCUT2D eigenvalue weighted by molar-refractivity contribution is -0.143. The van der Waals surface area contributed by atoms with Crippen molar-refractivity contribution in [3.63, 3.8) is 0 Å². The van der Waals surface area contributed by atoms with E-state index < -0.39 is 29.7 Å². The van der Waals surface area contributed by atoms with Crippen LogP contribution in [0.15, 0.2) is 60.7 Å². The van der Waals surface area contributed by atoms with Crippen molar-refractivity contribution < 1.29 is 24.2 Å². The van der Waals surface area contributed by atoms with E-state index in [9.17, 15) is 19.5 Å². The molecule has 0 bridgehead atoms. The summed E-state index contributed by atoms with van der Waals surface area (Å²) in [4.78, 5) is 50.5. The first-order chi connectivity index (χ1) is 20.9. The van der Waals surface area contributed by atoms with E-state index in [2.05, 4.69) is 20.6 Å². The fourth-order valence-corrected chi connectivity index (χ4v) is 5.71. The summed E-state index contributed by atoms with van der Waals surface area (Å²) in [5, 5.41) is 15.8. The normalized spacial score (nSPS) is 15.4. The Hall–Kier alpha value is -4.86. The average molecular weight is 598 g/mol. The molecule has 3 aromatic carbocycles. The molecule has 230 valence electrons. The maximum absolute atomic E-state index is 14.4. The highest BCUT2D eigenvalue weighted by atomic mass is 16.6. The number of carbonyl (C=O) groups is 3. The predicted octanol–water partition coefficient (Wildman–Crippen LogP) is 4.59. The standard InChI is InChI=1S/C34H39N5O5/c1-20-14-24(40)15-21(2)25(20)17-28(38-33(43)44-34(3,4)5)32(42)39-19-23-11-7-6-10-22(23)16-29(39)31(41)35-18-30-36-26-12-8-9-13-27(26)37-30/h6-15,28-29,40H,16-19H2,1-5H3,(H,35,41)(H,36,37)(H,38,43)/t28-,29-/m0/s1. The molecule has 0 unspecified atom stereocenters. The number of para-hydroxylation sites is 2. The van der Waals surface area contributed by atoms with Crippen LogP contribution in [-0.4, -0.2) is 55.6 Å².